The predicted octanol–water partition coefficient (Wildman–Crippen LogP) is 1.91. The molecular formula is C23H26Cl2N6O4. The van der Waals surface area contributed by atoms with Crippen molar-refractivity contribution in [1.82, 2.24) is 0 Å². The number of primary amides is 1. The number of amides is 1. The summed E-state index contributed by atoms with van der Waals surface area (Å²) in [5.74, 6) is -1.37. The number of nitrogens with two attached hydrogens (primary N) is 3. The second-order valence-electron chi connectivity index (χ2n) is 7.23. The minimum atomic E-state index is -0.650. The molecule has 0 aliphatic carbocycles. The molecule has 0 bridgehead atoms. The third kappa shape index (κ3) is 6.82. The van der Waals surface area contributed by atoms with Crippen LogP contribution in [0.15, 0.2) is 54.6 Å². The normalized spacial score (nSPS) is 9.97. The van der Waals surface area contributed by atoms with Crippen molar-refractivity contribution < 1.29 is 19.4 Å². The number of nitrogen functional groups attached to an aromatic ring is 1. The van der Waals surface area contributed by atoms with Crippen LogP contribution in [0.3, 0.4) is 0 Å². The first-order valence-electron chi connectivity index (χ1n) is 9.94. The van der Waals surface area contributed by atoms with E-state index in [0.29, 0.717) is 22.2 Å². The zero-order chi connectivity index (χ0) is 24.1. The van der Waals surface area contributed by atoms with Crippen molar-refractivity contribution in [2.24, 2.45) is 17.2 Å². The molecule has 186 valence electrons. The van der Waals surface area contributed by atoms with E-state index >= 15 is 0 Å². The van der Waals surface area contributed by atoms with Gasteiger partial charge in [0.15, 0.2) is 5.96 Å². The van der Waals surface area contributed by atoms with Gasteiger partial charge in [-0.05, 0) is 47.2 Å². The molecule has 0 fully saturated rings. The van der Waals surface area contributed by atoms with E-state index in [1.165, 1.54) is 17.0 Å². The Kier molecular flexibility index (Phi) is 10.5. The molecule has 12 heteroatoms. The number of aliphatic hydroxyl groups is 1. The van der Waals surface area contributed by atoms with Crippen LogP contribution in [-0.2, 0) is 11.2 Å². The number of nitrogens with zero attached hydrogens (tertiary/aromatic N) is 1. The van der Waals surface area contributed by atoms with Gasteiger partial charge in [0.1, 0.15) is 11.6 Å². The second-order valence-corrected chi connectivity index (χ2v) is 7.23. The van der Waals surface area contributed by atoms with Gasteiger partial charge in [-0.15, -0.1) is 24.8 Å². The Balaban J connectivity index is 0.00000306. The number of carbonyl (C=O) groups is 2. The Bertz CT molecular complexity index is 1250. The molecule has 0 spiro atoms. The lowest BCUT2D eigenvalue weighted by Gasteiger charge is -2.21. The molecule has 0 aromatic heterocycles. The number of guanidine groups is 1. The van der Waals surface area contributed by atoms with E-state index in [-0.39, 0.29) is 67.5 Å². The monoisotopic (exact) mass is 520 g/mol. The molecule has 0 aliphatic heterocycles. The molecule has 1 amide bonds. The SMILES string of the molecule is Cl.Cl.N=C(N)c1ccc2c(CC(N)=O)c(OC(=O)c3ccc(N(CCO)C(=N)N)cc3)ccc2c1. The average Bonchev–Trinajstić information content (AvgIpc) is 2.78. The quantitative estimate of drug-likeness (QED) is 0.113. The molecule has 0 radical (unpaired) electrons. The number of rotatable bonds is 8. The third-order valence-corrected chi connectivity index (χ3v) is 4.98. The number of benzene rings is 3. The number of nitrogens with one attached hydrogen (secondary N) is 2. The highest BCUT2D eigenvalue weighted by molar-refractivity contribution is 6.01. The van der Waals surface area contributed by atoms with Crippen LogP contribution in [0.5, 0.6) is 5.75 Å². The van der Waals surface area contributed by atoms with Crippen LogP contribution in [0.1, 0.15) is 21.5 Å². The molecule has 3 aromatic rings. The third-order valence-electron chi connectivity index (χ3n) is 4.98. The van der Waals surface area contributed by atoms with Crippen LogP contribution in [-0.4, -0.2) is 41.9 Å². The summed E-state index contributed by atoms with van der Waals surface area (Å²) < 4.78 is 5.58. The Morgan fingerprint density at radius 3 is 2.09 bits per heavy atom. The fourth-order valence-electron chi connectivity index (χ4n) is 3.42. The van der Waals surface area contributed by atoms with Gasteiger partial charge in [-0.25, -0.2) is 4.79 Å². The van der Waals surface area contributed by atoms with Gasteiger partial charge in [-0.1, -0.05) is 18.2 Å². The summed E-state index contributed by atoms with van der Waals surface area (Å²) in [4.78, 5) is 25.8. The fraction of sp³-hybridized carbons (Fsp3) is 0.130. The number of ether oxygens (including phenoxy) is 1. The van der Waals surface area contributed by atoms with Crippen molar-refractivity contribution in [3.63, 3.8) is 0 Å². The maximum Gasteiger partial charge on any atom is 0.343 e. The lowest BCUT2D eigenvalue weighted by molar-refractivity contribution is -0.117. The Morgan fingerprint density at radius 1 is 0.914 bits per heavy atom. The molecule has 0 atom stereocenters. The maximum absolute atomic E-state index is 12.8. The van der Waals surface area contributed by atoms with Crippen LogP contribution in [0.4, 0.5) is 5.69 Å². The highest BCUT2D eigenvalue weighted by atomic mass is 35.5. The molecule has 10 nitrogen and oxygen atoms in total. The van der Waals surface area contributed by atoms with E-state index in [1.807, 2.05) is 0 Å². The van der Waals surface area contributed by atoms with Crippen LogP contribution < -0.4 is 26.8 Å². The summed E-state index contributed by atoms with van der Waals surface area (Å²) in [5.41, 5.74) is 18.3. The molecule has 0 saturated carbocycles. The van der Waals surface area contributed by atoms with Gasteiger partial charge in [0, 0.05) is 23.4 Å². The van der Waals surface area contributed by atoms with Crippen LogP contribution in [0.2, 0.25) is 0 Å². The lowest BCUT2D eigenvalue weighted by Crippen LogP contribution is -2.38. The van der Waals surface area contributed by atoms with Gasteiger partial charge in [0.25, 0.3) is 0 Å². The molecule has 0 aliphatic rings. The zero-order valence-corrected chi connectivity index (χ0v) is 20.1. The van der Waals surface area contributed by atoms with Crippen molar-refractivity contribution in [3.05, 3.63) is 71.3 Å². The number of aliphatic hydroxyl groups excluding tert-OH is 1. The summed E-state index contributed by atoms with van der Waals surface area (Å²) in [6.45, 7) is -0.0556. The van der Waals surface area contributed by atoms with Gasteiger partial charge in [-0.2, -0.15) is 0 Å². The number of esters is 1. The molecule has 3 rings (SSSR count). The number of anilines is 1. The first-order valence-corrected chi connectivity index (χ1v) is 9.94. The number of carbonyl (C=O) groups excluding carboxylic acids is 2. The summed E-state index contributed by atoms with van der Waals surface area (Å²) in [6, 6.07) is 14.5. The molecule has 0 heterocycles. The number of fused-ring (bicyclic) bond motifs is 1. The number of hydrogen-bond donors (Lipinski definition) is 6. The minimum absolute atomic E-state index is 0. The molecule has 3 aromatic carbocycles. The van der Waals surface area contributed by atoms with Crippen molar-refractivity contribution in [2.75, 3.05) is 18.1 Å². The summed E-state index contributed by atoms with van der Waals surface area (Å²) in [6.07, 6.45) is -0.146. The van der Waals surface area contributed by atoms with Crippen molar-refractivity contribution >= 4 is 64.9 Å². The first-order chi connectivity index (χ1) is 15.7. The van der Waals surface area contributed by atoms with E-state index in [0.717, 1.165) is 5.39 Å². The molecular weight excluding hydrogens is 495 g/mol. The second kappa shape index (κ2) is 12.6. The van der Waals surface area contributed by atoms with E-state index < -0.39 is 11.9 Å². The zero-order valence-electron chi connectivity index (χ0n) is 18.5. The molecule has 0 unspecified atom stereocenters. The van der Waals surface area contributed by atoms with Crippen molar-refractivity contribution in [3.8, 4) is 5.75 Å². The minimum Gasteiger partial charge on any atom is -0.423 e. The molecule has 9 N–H and O–H groups in total. The predicted molar refractivity (Wildman–Crippen MR) is 140 cm³/mol. The molecule has 0 saturated heterocycles. The fourth-order valence-corrected chi connectivity index (χ4v) is 3.42. The standard InChI is InChI=1S/C23H24N6O4.2ClH/c24-20(31)12-18-17-7-3-15(21(25)26)11-14(17)4-8-19(18)33-22(32)13-1-5-16(6-2-13)29(9-10-30)23(27)28;;/h1-8,11,30H,9-10,12H2,(H2,24,31)(H3,25,26)(H3,27,28);2*1H. The first kappa shape index (κ1) is 29.2. The van der Waals surface area contributed by atoms with Gasteiger partial charge in [-0.3, -0.25) is 15.6 Å². The van der Waals surface area contributed by atoms with Gasteiger partial charge in [0.2, 0.25) is 5.91 Å². The summed E-state index contributed by atoms with van der Waals surface area (Å²) >= 11 is 0. The molecule has 35 heavy (non-hydrogen) atoms. The van der Waals surface area contributed by atoms with Gasteiger partial charge < -0.3 is 31.9 Å². The van der Waals surface area contributed by atoms with E-state index in [9.17, 15) is 9.59 Å². The van der Waals surface area contributed by atoms with Crippen LogP contribution in [0, 0.1) is 10.8 Å². The maximum atomic E-state index is 12.8. The summed E-state index contributed by atoms with van der Waals surface area (Å²) in [5, 5.41) is 25.7. The average molecular weight is 521 g/mol. The Hall–Kier alpha value is -3.86. The topological polar surface area (TPSA) is 193 Å². The highest BCUT2D eigenvalue weighted by Crippen LogP contribution is 2.30. The van der Waals surface area contributed by atoms with Crippen LogP contribution in [0.25, 0.3) is 10.8 Å². The van der Waals surface area contributed by atoms with Crippen molar-refractivity contribution in [2.45, 2.75) is 6.42 Å². The van der Waals surface area contributed by atoms with Gasteiger partial charge in [0.05, 0.1) is 18.6 Å². The lowest BCUT2D eigenvalue weighted by atomic mass is 9.98. The van der Waals surface area contributed by atoms with E-state index in [1.54, 1.807) is 42.5 Å². The highest BCUT2D eigenvalue weighted by Gasteiger charge is 2.17. The van der Waals surface area contributed by atoms with E-state index in [2.05, 4.69) is 0 Å². The largest absolute Gasteiger partial charge is 0.423 e. The van der Waals surface area contributed by atoms with Gasteiger partial charge >= 0.3 is 5.97 Å². The Labute approximate surface area is 213 Å². The number of halogens is 2. The summed E-state index contributed by atoms with van der Waals surface area (Å²) in [7, 11) is 0. The Morgan fingerprint density at radius 2 is 1.54 bits per heavy atom. The van der Waals surface area contributed by atoms with Crippen molar-refractivity contribution in [1.29, 1.82) is 10.8 Å². The smallest absolute Gasteiger partial charge is 0.343 e. The number of amidine groups is 1. The van der Waals surface area contributed by atoms with E-state index in [4.69, 9.17) is 37.9 Å². The van der Waals surface area contributed by atoms with Crippen LogP contribution >= 0.6 is 24.8 Å². The number of hydrogen-bond acceptors (Lipinski definition) is 6.